The van der Waals surface area contributed by atoms with Crippen LogP contribution in [-0.2, 0) is 16.4 Å². The molecule has 2 aromatic carbocycles. The summed E-state index contributed by atoms with van der Waals surface area (Å²) in [6, 6.07) is 13.1. The number of nitrogens with zero attached hydrogens (tertiary/aromatic N) is 1. The summed E-state index contributed by atoms with van der Waals surface area (Å²) >= 11 is 0. The minimum absolute atomic E-state index is 0.104. The predicted octanol–water partition coefficient (Wildman–Crippen LogP) is 3.20. The van der Waals surface area contributed by atoms with Gasteiger partial charge in [-0.3, -0.25) is 9.10 Å². The fraction of sp³-hybridized carbons (Fsp3) is 0.350. The molecule has 2 aromatic rings. The van der Waals surface area contributed by atoms with Gasteiger partial charge in [-0.1, -0.05) is 24.3 Å². The lowest BCUT2D eigenvalue weighted by atomic mass is 9.99. The van der Waals surface area contributed by atoms with Crippen LogP contribution in [0.3, 0.4) is 0 Å². The van der Waals surface area contributed by atoms with Crippen molar-refractivity contribution >= 4 is 21.6 Å². The highest BCUT2D eigenvalue weighted by Gasteiger charge is 2.25. The van der Waals surface area contributed by atoms with Crippen molar-refractivity contribution in [1.29, 1.82) is 0 Å². The van der Waals surface area contributed by atoms with Crippen molar-refractivity contribution in [3.63, 3.8) is 0 Å². The van der Waals surface area contributed by atoms with Crippen LogP contribution in [0.1, 0.15) is 46.4 Å². The molecule has 0 fully saturated rings. The number of nitrogens with one attached hydrogen (secondary N) is 1. The zero-order valence-corrected chi connectivity index (χ0v) is 16.1. The quantitative estimate of drug-likeness (QED) is 0.896. The summed E-state index contributed by atoms with van der Waals surface area (Å²) in [7, 11) is -3.30. The largest absolute Gasteiger partial charge is 0.346 e. The molecule has 1 heterocycles. The minimum Gasteiger partial charge on any atom is -0.346 e. The van der Waals surface area contributed by atoms with Crippen LogP contribution in [0.5, 0.6) is 0 Å². The first kappa shape index (κ1) is 18.5. The number of fused-ring (bicyclic) bond motifs is 1. The monoisotopic (exact) mass is 372 g/mol. The number of sulfonamides is 1. The Hall–Kier alpha value is -2.34. The van der Waals surface area contributed by atoms with E-state index >= 15 is 0 Å². The van der Waals surface area contributed by atoms with Gasteiger partial charge in [0.05, 0.1) is 18.0 Å². The van der Waals surface area contributed by atoms with E-state index in [1.807, 2.05) is 44.2 Å². The molecule has 0 unspecified atom stereocenters. The summed E-state index contributed by atoms with van der Waals surface area (Å²) in [5.74, 6) is -0.153. The summed E-state index contributed by atoms with van der Waals surface area (Å²) in [5.41, 5.74) is 4.36. The summed E-state index contributed by atoms with van der Waals surface area (Å²) in [6.07, 6.45) is 2.74. The summed E-state index contributed by atoms with van der Waals surface area (Å²) in [5, 5.41) is 3.03. The van der Waals surface area contributed by atoms with Gasteiger partial charge in [0, 0.05) is 12.1 Å². The molecule has 6 heteroatoms. The van der Waals surface area contributed by atoms with Gasteiger partial charge in [0.1, 0.15) is 0 Å². The smallest absolute Gasteiger partial charge is 0.251 e. The second-order valence-corrected chi connectivity index (χ2v) is 8.74. The molecule has 0 aliphatic carbocycles. The van der Waals surface area contributed by atoms with Crippen LogP contribution in [0.2, 0.25) is 0 Å². The Morgan fingerprint density at radius 3 is 2.62 bits per heavy atom. The van der Waals surface area contributed by atoms with Gasteiger partial charge in [-0.15, -0.1) is 0 Å². The topological polar surface area (TPSA) is 66.5 Å². The first-order valence-corrected chi connectivity index (χ1v) is 10.6. The third-order valence-electron chi connectivity index (χ3n) is 4.82. The third-order valence-corrected chi connectivity index (χ3v) is 6.00. The maximum absolute atomic E-state index is 12.7. The van der Waals surface area contributed by atoms with Gasteiger partial charge in [0.25, 0.3) is 5.91 Å². The molecule has 0 bridgehead atoms. The molecule has 1 aliphatic heterocycles. The average Bonchev–Trinajstić information content (AvgIpc) is 2.60. The van der Waals surface area contributed by atoms with Crippen molar-refractivity contribution < 1.29 is 13.2 Å². The number of amides is 1. The van der Waals surface area contributed by atoms with Gasteiger partial charge >= 0.3 is 0 Å². The Balaban J connectivity index is 1.82. The SMILES string of the molecule is Cc1ccccc1[C@H](C)NC(=O)c1ccc2c(c1)CCCN2S(C)(=O)=O. The predicted molar refractivity (Wildman–Crippen MR) is 104 cm³/mol. The van der Waals surface area contributed by atoms with Gasteiger partial charge in [-0.2, -0.15) is 0 Å². The summed E-state index contributed by atoms with van der Waals surface area (Å²) in [4.78, 5) is 12.7. The fourth-order valence-electron chi connectivity index (χ4n) is 3.48. The van der Waals surface area contributed by atoms with Gasteiger partial charge in [-0.05, 0) is 61.6 Å². The van der Waals surface area contributed by atoms with Crippen molar-refractivity contribution in [3.8, 4) is 0 Å². The third kappa shape index (κ3) is 3.75. The molecule has 1 amide bonds. The minimum atomic E-state index is -3.30. The number of carbonyl (C=O) groups is 1. The number of benzene rings is 2. The molecular formula is C20H24N2O3S. The summed E-state index contributed by atoms with van der Waals surface area (Å²) in [6.45, 7) is 4.47. The number of hydrogen-bond acceptors (Lipinski definition) is 3. The Kier molecular flexibility index (Phi) is 5.05. The molecule has 0 aromatic heterocycles. The molecule has 5 nitrogen and oxygen atoms in total. The molecular weight excluding hydrogens is 348 g/mol. The Morgan fingerprint density at radius 1 is 1.19 bits per heavy atom. The highest BCUT2D eigenvalue weighted by Crippen LogP contribution is 2.30. The zero-order chi connectivity index (χ0) is 18.9. The fourth-order valence-corrected chi connectivity index (χ4v) is 4.47. The molecule has 3 rings (SSSR count). The Labute approximate surface area is 155 Å². The van der Waals surface area contributed by atoms with Crippen molar-refractivity contribution in [2.75, 3.05) is 17.1 Å². The van der Waals surface area contributed by atoms with Crippen LogP contribution in [0.25, 0.3) is 0 Å². The number of hydrogen-bond donors (Lipinski definition) is 1. The molecule has 1 aliphatic rings. The van der Waals surface area contributed by atoms with Crippen molar-refractivity contribution in [1.82, 2.24) is 5.32 Å². The van der Waals surface area contributed by atoms with E-state index in [0.717, 1.165) is 29.5 Å². The van der Waals surface area contributed by atoms with E-state index < -0.39 is 10.0 Å². The van der Waals surface area contributed by atoms with Crippen LogP contribution < -0.4 is 9.62 Å². The van der Waals surface area contributed by atoms with Crippen LogP contribution >= 0.6 is 0 Å². The average molecular weight is 372 g/mol. The molecule has 138 valence electrons. The van der Waals surface area contributed by atoms with E-state index in [2.05, 4.69) is 5.32 Å². The number of carbonyl (C=O) groups excluding carboxylic acids is 1. The number of anilines is 1. The van der Waals surface area contributed by atoms with Crippen molar-refractivity contribution in [3.05, 3.63) is 64.7 Å². The normalized spacial score (nSPS) is 15.3. The highest BCUT2D eigenvalue weighted by molar-refractivity contribution is 7.92. The molecule has 0 radical (unpaired) electrons. The van der Waals surface area contributed by atoms with E-state index in [4.69, 9.17) is 0 Å². The van der Waals surface area contributed by atoms with E-state index in [9.17, 15) is 13.2 Å². The molecule has 1 atom stereocenters. The maximum Gasteiger partial charge on any atom is 0.251 e. The van der Waals surface area contributed by atoms with Crippen LogP contribution in [0, 0.1) is 6.92 Å². The lowest BCUT2D eigenvalue weighted by Crippen LogP contribution is -2.35. The van der Waals surface area contributed by atoms with Crippen molar-refractivity contribution in [2.45, 2.75) is 32.7 Å². The number of rotatable bonds is 4. The van der Waals surface area contributed by atoms with Gasteiger partial charge in [0.15, 0.2) is 0 Å². The molecule has 0 saturated carbocycles. The van der Waals surface area contributed by atoms with Crippen LogP contribution in [0.4, 0.5) is 5.69 Å². The number of aryl methyl sites for hydroxylation is 2. The molecule has 0 spiro atoms. The first-order chi connectivity index (χ1) is 12.3. The standard InChI is InChI=1S/C20H24N2O3S/c1-14-7-4-5-9-18(14)15(2)21-20(23)17-10-11-19-16(13-17)8-6-12-22(19)26(3,24)25/h4-5,7,9-11,13,15H,6,8,12H2,1-3H3,(H,21,23)/t15-/m0/s1. The van der Waals surface area contributed by atoms with Gasteiger partial charge in [-0.25, -0.2) is 8.42 Å². The Morgan fingerprint density at radius 2 is 1.92 bits per heavy atom. The van der Waals surface area contributed by atoms with Crippen molar-refractivity contribution in [2.24, 2.45) is 0 Å². The van der Waals surface area contributed by atoms with E-state index in [0.29, 0.717) is 17.8 Å². The molecule has 0 saturated heterocycles. The highest BCUT2D eigenvalue weighted by atomic mass is 32.2. The van der Waals surface area contributed by atoms with Gasteiger partial charge in [0.2, 0.25) is 10.0 Å². The van der Waals surface area contributed by atoms with Gasteiger partial charge < -0.3 is 5.32 Å². The second kappa shape index (κ2) is 7.11. The lowest BCUT2D eigenvalue weighted by molar-refractivity contribution is 0.0939. The maximum atomic E-state index is 12.7. The Bertz CT molecular complexity index is 938. The molecule has 1 N–H and O–H groups in total. The zero-order valence-electron chi connectivity index (χ0n) is 15.3. The lowest BCUT2D eigenvalue weighted by Gasteiger charge is -2.29. The van der Waals surface area contributed by atoms with E-state index in [1.165, 1.54) is 10.6 Å². The summed E-state index contributed by atoms with van der Waals surface area (Å²) < 4.78 is 25.3. The van der Waals surface area contributed by atoms with E-state index in [-0.39, 0.29) is 11.9 Å². The van der Waals surface area contributed by atoms with E-state index in [1.54, 1.807) is 12.1 Å². The van der Waals surface area contributed by atoms with Crippen LogP contribution in [0.15, 0.2) is 42.5 Å². The first-order valence-electron chi connectivity index (χ1n) is 8.74. The van der Waals surface area contributed by atoms with Crippen LogP contribution in [-0.4, -0.2) is 27.1 Å². The second-order valence-electron chi connectivity index (χ2n) is 6.83. The molecule has 26 heavy (non-hydrogen) atoms.